The molecule has 5 nitrogen and oxygen atoms in total. The molecule has 0 bridgehead atoms. The predicted molar refractivity (Wildman–Crippen MR) is 89.1 cm³/mol. The minimum atomic E-state index is -0.0654. The molecule has 1 heterocycles. The number of nitrogens with one attached hydrogen (secondary N) is 1. The molecule has 0 spiro atoms. The van der Waals surface area contributed by atoms with Gasteiger partial charge in [-0.05, 0) is 49.4 Å². The second-order valence-corrected chi connectivity index (χ2v) is 5.46. The summed E-state index contributed by atoms with van der Waals surface area (Å²) >= 11 is 0. The molecular formula is C16H21ClN4O. The number of hydrogen-bond donors (Lipinski definition) is 2. The van der Waals surface area contributed by atoms with Crippen molar-refractivity contribution in [3.05, 3.63) is 47.3 Å². The summed E-state index contributed by atoms with van der Waals surface area (Å²) in [5, 5.41) is 7.26. The number of halogens is 1. The van der Waals surface area contributed by atoms with E-state index < -0.39 is 0 Å². The van der Waals surface area contributed by atoms with Crippen molar-refractivity contribution in [3.63, 3.8) is 0 Å². The predicted octanol–water partition coefficient (Wildman–Crippen LogP) is 2.71. The van der Waals surface area contributed by atoms with Crippen LogP contribution < -0.4 is 11.1 Å². The number of carbonyl (C=O) groups is 1. The third-order valence-corrected chi connectivity index (χ3v) is 4.01. The molecule has 118 valence electrons. The molecule has 0 saturated carbocycles. The molecule has 1 aliphatic carbocycles. The van der Waals surface area contributed by atoms with Gasteiger partial charge in [-0.15, -0.1) is 12.4 Å². The first-order valence-electron chi connectivity index (χ1n) is 7.39. The molecule has 0 radical (unpaired) electrons. The Hall–Kier alpha value is -2.01. The first kappa shape index (κ1) is 16.4. The quantitative estimate of drug-likeness (QED) is 0.854. The molecular weight excluding hydrogens is 300 g/mol. The van der Waals surface area contributed by atoms with Crippen molar-refractivity contribution in [1.82, 2.24) is 15.1 Å². The summed E-state index contributed by atoms with van der Waals surface area (Å²) < 4.78 is 1.75. The van der Waals surface area contributed by atoms with Gasteiger partial charge in [-0.1, -0.05) is 6.07 Å². The lowest BCUT2D eigenvalue weighted by Crippen LogP contribution is -2.30. The van der Waals surface area contributed by atoms with Crippen molar-refractivity contribution < 1.29 is 4.79 Å². The fraction of sp³-hybridized carbons (Fsp3) is 0.375. The van der Waals surface area contributed by atoms with Crippen LogP contribution in [0.15, 0.2) is 30.6 Å². The molecule has 0 fully saturated rings. The van der Waals surface area contributed by atoms with Gasteiger partial charge in [0.1, 0.15) is 0 Å². The van der Waals surface area contributed by atoms with Crippen LogP contribution in [0.25, 0.3) is 0 Å². The lowest BCUT2D eigenvalue weighted by atomic mass is 9.87. The fourth-order valence-corrected chi connectivity index (χ4v) is 2.88. The van der Waals surface area contributed by atoms with Crippen LogP contribution in [-0.4, -0.2) is 15.7 Å². The molecule has 6 heteroatoms. The van der Waals surface area contributed by atoms with Crippen LogP contribution >= 0.6 is 12.4 Å². The van der Waals surface area contributed by atoms with E-state index in [0.29, 0.717) is 5.56 Å². The summed E-state index contributed by atoms with van der Waals surface area (Å²) in [5.74, 6) is -0.0654. The lowest BCUT2D eigenvalue weighted by molar-refractivity contribution is 0.0932. The zero-order valence-electron chi connectivity index (χ0n) is 12.6. The van der Waals surface area contributed by atoms with Crippen LogP contribution in [0.1, 0.15) is 47.3 Å². The topological polar surface area (TPSA) is 72.9 Å². The van der Waals surface area contributed by atoms with E-state index in [4.69, 9.17) is 5.73 Å². The minimum Gasteiger partial charge on any atom is -0.399 e. The Balaban J connectivity index is 0.00000176. The molecule has 3 N–H and O–H groups in total. The van der Waals surface area contributed by atoms with E-state index in [0.717, 1.165) is 31.5 Å². The third kappa shape index (κ3) is 3.25. The van der Waals surface area contributed by atoms with Gasteiger partial charge in [0.2, 0.25) is 0 Å². The van der Waals surface area contributed by atoms with Gasteiger partial charge in [0, 0.05) is 18.4 Å². The first-order chi connectivity index (χ1) is 10.2. The number of rotatable bonds is 3. The number of anilines is 1. The summed E-state index contributed by atoms with van der Waals surface area (Å²) in [4.78, 5) is 12.3. The number of nitrogen functional groups attached to an aromatic ring is 1. The zero-order valence-corrected chi connectivity index (χ0v) is 13.4. The number of carbonyl (C=O) groups excluding carboxylic acids is 1. The Kier molecular flexibility index (Phi) is 5.08. The van der Waals surface area contributed by atoms with Gasteiger partial charge < -0.3 is 11.1 Å². The van der Waals surface area contributed by atoms with E-state index in [1.165, 1.54) is 11.1 Å². The van der Waals surface area contributed by atoms with Gasteiger partial charge in [-0.2, -0.15) is 5.10 Å². The number of nitrogens with two attached hydrogens (primary N) is 1. The SMILES string of the molecule is CCn1cc(C(=O)NC2CCCc3cc(N)ccc32)cn1.Cl. The third-order valence-electron chi connectivity index (χ3n) is 4.01. The maximum atomic E-state index is 12.3. The number of nitrogens with zero attached hydrogens (tertiary/aromatic N) is 2. The first-order valence-corrected chi connectivity index (χ1v) is 7.39. The Bertz CT molecular complexity index is 668. The maximum Gasteiger partial charge on any atom is 0.254 e. The summed E-state index contributed by atoms with van der Waals surface area (Å²) in [6.07, 6.45) is 6.45. The molecule has 1 amide bonds. The van der Waals surface area contributed by atoms with E-state index in [9.17, 15) is 4.79 Å². The number of hydrogen-bond acceptors (Lipinski definition) is 3. The van der Waals surface area contributed by atoms with Gasteiger partial charge in [-0.3, -0.25) is 9.48 Å². The van der Waals surface area contributed by atoms with Crippen molar-refractivity contribution in [1.29, 1.82) is 0 Å². The normalized spacial score (nSPS) is 16.5. The van der Waals surface area contributed by atoms with Gasteiger partial charge in [0.05, 0.1) is 17.8 Å². The van der Waals surface area contributed by atoms with Crippen LogP contribution in [0, 0.1) is 0 Å². The van der Waals surface area contributed by atoms with E-state index in [-0.39, 0.29) is 24.4 Å². The molecule has 22 heavy (non-hydrogen) atoms. The second kappa shape index (κ2) is 6.83. The summed E-state index contributed by atoms with van der Waals surface area (Å²) in [5.41, 5.74) is 9.67. The molecule has 1 atom stereocenters. The molecule has 1 aromatic heterocycles. The molecule has 3 rings (SSSR count). The maximum absolute atomic E-state index is 12.3. The minimum absolute atomic E-state index is 0. The van der Waals surface area contributed by atoms with Crippen molar-refractivity contribution in [3.8, 4) is 0 Å². The van der Waals surface area contributed by atoms with Crippen molar-refractivity contribution in [2.24, 2.45) is 0 Å². The van der Waals surface area contributed by atoms with E-state index >= 15 is 0 Å². The fourth-order valence-electron chi connectivity index (χ4n) is 2.88. The summed E-state index contributed by atoms with van der Waals surface area (Å²) in [6, 6.07) is 6.01. The van der Waals surface area contributed by atoms with Crippen LogP contribution in [-0.2, 0) is 13.0 Å². The van der Waals surface area contributed by atoms with Gasteiger partial charge in [0.15, 0.2) is 0 Å². The largest absolute Gasteiger partial charge is 0.399 e. The monoisotopic (exact) mass is 320 g/mol. The number of aromatic nitrogens is 2. The van der Waals surface area contributed by atoms with Crippen LogP contribution in [0.3, 0.4) is 0 Å². The standard InChI is InChI=1S/C16H20N4O.ClH/c1-2-20-10-12(9-18-20)16(21)19-15-5-3-4-11-8-13(17)6-7-14(11)15;/h6-10,15H,2-5,17H2,1H3,(H,19,21);1H. The molecule has 2 aromatic rings. The van der Waals surface area contributed by atoms with Crippen LogP contribution in [0.4, 0.5) is 5.69 Å². The Morgan fingerprint density at radius 3 is 3.05 bits per heavy atom. The molecule has 1 aliphatic rings. The highest BCUT2D eigenvalue weighted by Gasteiger charge is 2.22. The lowest BCUT2D eigenvalue weighted by Gasteiger charge is -2.26. The van der Waals surface area contributed by atoms with Gasteiger partial charge >= 0.3 is 0 Å². The number of aryl methyl sites for hydroxylation is 2. The highest BCUT2D eigenvalue weighted by molar-refractivity contribution is 5.94. The number of fused-ring (bicyclic) bond motifs is 1. The highest BCUT2D eigenvalue weighted by atomic mass is 35.5. The van der Waals surface area contributed by atoms with E-state index in [2.05, 4.69) is 10.4 Å². The molecule has 0 saturated heterocycles. The average Bonchev–Trinajstić information content (AvgIpc) is 2.96. The molecule has 1 unspecified atom stereocenters. The smallest absolute Gasteiger partial charge is 0.254 e. The van der Waals surface area contributed by atoms with E-state index in [1.807, 2.05) is 25.1 Å². The highest BCUT2D eigenvalue weighted by Crippen LogP contribution is 2.31. The average molecular weight is 321 g/mol. The molecule has 1 aromatic carbocycles. The van der Waals surface area contributed by atoms with Crippen LogP contribution in [0.5, 0.6) is 0 Å². The van der Waals surface area contributed by atoms with Crippen LogP contribution in [0.2, 0.25) is 0 Å². The summed E-state index contributed by atoms with van der Waals surface area (Å²) in [6.45, 7) is 2.76. The summed E-state index contributed by atoms with van der Waals surface area (Å²) in [7, 11) is 0. The number of amides is 1. The van der Waals surface area contributed by atoms with Gasteiger partial charge in [-0.25, -0.2) is 0 Å². The second-order valence-electron chi connectivity index (χ2n) is 5.46. The Morgan fingerprint density at radius 2 is 2.32 bits per heavy atom. The molecule has 0 aliphatic heterocycles. The van der Waals surface area contributed by atoms with E-state index in [1.54, 1.807) is 17.1 Å². The zero-order chi connectivity index (χ0) is 14.8. The van der Waals surface area contributed by atoms with Gasteiger partial charge in [0.25, 0.3) is 5.91 Å². The Morgan fingerprint density at radius 1 is 1.50 bits per heavy atom. The van der Waals surface area contributed by atoms with Crippen molar-refractivity contribution >= 4 is 24.0 Å². The Labute approximate surface area is 136 Å². The van der Waals surface area contributed by atoms with Crippen molar-refractivity contribution in [2.45, 2.75) is 38.8 Å². The number of benzene rings is 1. The van der Waals surface area contributed by atoms with Crippen molar-refractivity contribution in [2.75, 3.05) is 5.73 Å².